The minimum atomic E-state index is 0.583. The summed E-state index contributed by atoms with van der Waals surface area (Å²) in [5.41, 5.74) is 3.21. The number of rotatable bonds is 1. The Bertz CT molecular complexity index is 535. The molecule has 0 unspecified atom stereocenters. The summed E-state index contributed by atoms with van der Waals surface area (Å²) in [5, 5.41) is 1.19. The van der Waals surface area contributed by atoms with Gasteiger partial charge in [-0.15, -0.1) is 0 Å². The van der Waals surface area contributed by atoms with E-state index in [1.54, 1.807) is 6.07 Å². The topological polar surface area (TPSA) is 0 Å². The van der Waals surface area contributed by atoms with Crippen LogP contribution < -0.4 is 0 Å². The predicted molar refractivity (Wildman–Crippen MR) is 74.3 cm³/mol. The number of aryl methyl sites for hydroxylation is 1. The first-order chi connectivity index (χ1) is 7.59. The standard InChI is InChI=1S/C13H9BrCl2/c1-8-7-9(5-6-11(8)14)10-3-2-4-12(15)13(10)16/h2-7H,1H3. The van der Waals surface area contributed by atoms with Gasteiger partial charge in [-0.3, -0.25) is 0 Å². The Morgan fingerprint density at radius 1 is 1.06 bits per heavy atom. The summed E-state index contributed by atoms with van der Waals surface area (Å²) in [4.78, 5) is 0. The van der Waals surface area contributed by atoms with Crippen molar-refractivity contribution in [3.63, 3.8) is 0 Å². The van der Waals surface area contributed by atoms with E-state index in [9.17, 15) is 0 Å². The van der Waals surface area contributed by atoms with Crippen molar-refractivity contribution < 1.29 is 0 Å². The lowest BCUT2D eigenvalue weighted by atomic mass is 10.0. The zero-order valence-corrected chi connectivity index (χ0v) is 11.7. The van der Waals surface area contributed by atoms with Gasteiger partial charge in [0, 0.05) is 10.0 Å². The van der Waals surface area contributed by atoms with Crippen LogP contribution in [-0.4, -0.2) is 0 Å². The molecule has 0 saturated heterocycles. The molecule has 0 spiro atoms. The summed E-state index contributed by atoms with van der Waals surface area (Å²) < 4.78 is 1.09. The molecule has 2 aromatic carbocycles. The quantitative estimate of drug-likeness (QED) is 0.630. The summed E-state index contributed by atoms with van der Waals surface area (Å²) in [6, 6.07) is 11.8. The van der Waals surface area contributed by atoms with Crippen LogP contribution in [0.2, 0.25) is 10.0 Å². The molecule has 3 heteroatoms. The average Bonchev–Trinajstić information content (AvgIpc) is 2.26. The minimum Gasteiger partial charge on any atom is -0.0827 e. The molecular formula is C13H9BrCl2. The molecule has 82 valence electrons. The first-order valence-corrected chi connectivity index (χ1v) is 6.35. The first-order valence-electron chi connectivity index (χ1n) is 4.80. The van der Waals surface area contributed by atoms with Crippen LogP contribution in [0.5, 0.6) is 0 Å². The van der Waals surface area contributed by atoms with Crippen molar-refractivity contribution in [2.45, 2.75) is 6.92 Å². The van der Waals surface area contributed by atoms with Crippen LogP contribution in [0, 0.1) is 6.92 Å². The van der Waals surface area contributed by atoms with E-state index in [1.165, 1.54) is 5.56 Å². The molecule has 0 N–H and O–H groups in total. The molecule has 0 nitrogen and oxygen atoms in total. The Morgan fingerprint density at radius 2 is 1.81 bits per heavy atom. The summed E-state index contributed by atoms with van der Waals surface area (Å²) in [6.45, 7) is 2.05. The Kier molecular flexibility index (Phi) is 3.58. The second kappa shape index (κ2) is 4.79. The summed E-state index contributed by atoms with van der Waals surface area (Å²) >= 11 is 15.6. The molecule has 16 heavy (non-hydrogen) atoms. The Hall–Kier alpha value is -0.500. The SMILES string of the molecule is Cc1cc(-c2cccc(Cl)c2Cl)ccc1Br. The Morgan fingerprint density at radius 3 is 2.50 bits per heavy atom. The zero-order valence-electron chi connectivity index (χ0n) is 8.60. The molecular weight excluding hydrogens is 307 g/mol. The van der Waals surface area contributed by atoms with Crippen LogP contribution in [0.4, 0.5) is 0 Å². The summed E-state index contributed by atoms with van der Waals surface area (Å²) in [5.74, 6) is 0. The molecule has 0 aliphatic heterocycles. The second-order valence-electron chi connectivity index (χ2n) is 3.57. The van der Waals surface area contributed by atoms with Crippen molar-refractivity contribution in [1.82, 2.24) is 0 Å². The highest BCUT2D eigenvalue weighted by Gasteiger charge is 2.07. The Labute approximate surface area is 113 Å². The fourth-order valence-corrected chi connectivity index (χ4v) is 2.20. The van der Waals surface area contributed by atoms with Gasteiger partial charge in [-0.2, -0.15) is 0 Å². The van der Waals surface area contributed by atoms with Crippen molar-refractivity contribution in [3.8, 4) is 11.1 Å². The smallest absolute Gasteiger partial charge is 0.0670 e. The highest BCUT2D eigenvalue weighted by molar-refractivity contribution is 9.10. The molecule has 0 heterocycles. The lowest BCUT2D eigenvalue weighted by molar-refractivity contribution is 1.43. The van der Waals surface area contributed by atoms with Crippen LogP contribution in [0.15, 0.2) is 40.9 Å². The Balaban J connectivity index is 2.59. The first kappa shape index (κ1) is 12.0. The van der Waals surface area contributed by atoms with Crippen molar-refractivity contribution in [3.05, 3.63) is 56.5 Å². The van der Waals surface area contributed by atoms with Gasteiger partial charge in [0.2, 0.25) is 0 Å². The van der Waals surface area contributed by atoms with Crippen molar-refractivity contribution >= 4 is 39.1 Å². The molecule has 0 fully saturated rings. The highest BCUT2D eigenvalue weighted by Crippen LogP contribution is 2.34. The van der Waals surface area contributed by atoms with Crippen LogP contribution in [0.1, 0.15) is 5.56 Å². The fourth-order valence-electron chi connectivity index (χ4n) is 1.54. The van der Waals surface area contributed by atoms with Gasteiger partial charge >= 0.3 is 0 Å². The monoisotopic (exact) mass is 314 g/mol. The third kappa shape index (κ3) is 2.27. The van der Waals surface area contributed by atoms with Crippen LogP contribution in [0.3, 0.4) is 0 Å². The third-order valence-corrected chi connectivity index (χ3v) is 4.13. The summed E-state index contributed by atoms with van der Waals surface area (Å²) in [6.07, 6.45) is 0. The van der Waals surface area contributed by atoms with E-state index in [1.807, 2.05) is 31.2 Å². The molecule has 0 saturated carbocycles. The maximum atomic E-state index is 6.18. The van der Waals surface area contributed by atoms with Gasteiger partial charge in [0.1, 0.15) is 0 Å². The van der Waals surface area contributed by atoms with Crippen LogP contribution >= 0.6 is 39.1 Å². The summed E-state index contributed by atoms with van der Waals surface area (Å²) in [7, 11) is 0. The molecule has 0 amide bonds. The van der Waals surface area contributed by atoms with E-state index in [0.29, 0.717) is 10.0 Å². The molecule has 0 aliphatic carbocycles. The van der Waals surface area contributed by atoms with E-state index in [0.717, 1.165) is 15.6 Å². The van der Waals surface area contributed by atoms with Crippen molar-refractivity contribution in [1.29, 1.82) is 0 Å². The van der Waals surface area contributed by atoms with Crippen LogP contribution in [0.25, 0.3) is 11.1 Å². The van der Waals surface area contributed by atoms with Gasteiger partial charge in [0.25, 0.3) is 0 Å². The number of hydrogen-bond acceptors (Lipinski definition) is 0. The van der Waals surface area contributed by atoms with Crippen LogP contribution in [-0.2, 0) is 0 Å². The average molecular weight is 316 g/mol. The van der Waals surface area contributed by atoms with E-state index in [4.69, 9.17) is 23.2 Å². The van der Waals surface area contributed by atoms with E-state index >= 15 is 0 Å². The molecule has 0 bridgehead atoms. The van der Waals surface area contributed by atoms with Gasteiger partial charge in [-0.05, 0) is 30.2 Å². The van der Waals surface area contributed by atoms with Crippen molar-refractivity contribution in [2.75, 3.05) is 0 Å². The molecule has 0 radical (unpaired) electrons. The van der Waals surface area contributed by atoms with Gasteiger partial charge in [-0.25, -0.2) is 0 Å². The zero-order chi connectivity index (χ0) is 11.7. The highest BCUT2D eigenvalue weighted by atomic mass is 79.9. The van der Waals surface area contributed by atoms with Gasteiger partial charge < -0.3 is 0 Å². The molecule has 0 atom stereocenters. The third-order valence-electron chi connectivity index (χ3n) is 2.42. The molecule has 2 aromatic rings. The van der Waals surface area contributed by atoms with E-state index in [2.05, 4.69) is 22.0 Å². The molecule has 2 rings (SSSR count). The molecule has 0 aliphatic rings. The normalized spacial score (nSPS) is 10.5. The van der Waals surface area contributed by atoms with Gasteiger partial charge in [0.05, 0.1) is 10.0 Å². The minimum absolute atomic E-state index is 0.583. The van der Waals surface area contributed by atoms with E-state index in [-0.39, 0.29) is 0 Å². The predicted octanol–water partition coefficient (Wildman–Crippen LogP) is 5.73. The van der Waals surface area contributed by atoms with Crippen molar-refractivity contribution in [2.24, 2.45) is 0 Å². The lowest BCUT2D eigenvalue weighted by Crippen LogP contribution is -1.83. The lowest BCUT2D eigenvalue weighted by Gasteiger charge is -2.07. The van der Waals surface area contributed by atoms with Gasteiger partial charge in [-0.1, -0.05) is 63.4 Å². The number of hydrogen-bond donors (Lipinski definition) is 0. The molecule has 0 aromatic heterocycles. The maximum Gasteiger partial charge on any atom is 0.0670 e. The van der Waals surface area contributed by atoms with E-state index < -0.39 is 0 Å². The number of halogens is 3. The second-order valence-corrected chi connectivity index (χ2v) is 5.20. The van der Waals surface area contributed by atoms with Gasteiger partial charge in [0.15, 0.2) is 0 Å². The largest absolute Gasteiger partial charge is 0.0827 e. The maximum absolute atomic E-state index is 6.18. The fraction of sp³-hybridized carbons (Fsp3) is 0.0769. The number of benzene rings is 2.